The van der Waals surface area contributed by atoms with E-state index in [1.165, 1.54) is 6.21 Å². The Labute approximate surface area is 153 Å². The summed E-state index contributed by atoms with van der Waals surface area (Å²) in [4.78, 5) is 26.0. The maximum absolute atomic E-state index is 12.2. The second kappa shape index (κ2) is 8.76. The SMILES string of the molecule is O=C(N/N=C/C=C/c1ccccc1)C1CC(=O)N(Cc2ccccc2)C1. The van der Waals surface area contributed by atoms with Crippen LogP contribution in [0.4, 0.5) is 0 Å². The van der Waals surface area contributed by atoms with Crippen molar-refractivity contribution < 1.29 is 9.59 Å². The molecule has 5 heteroatoms. The minimum absolute atomic E-state index is 0.00181. The number of benzene rings is 2. The van der Waals surface area contributed by atoms with Crippen LogP contribution in [0.1, 0.15) is 17.5 Å². The first-order valence-corrected chi connectivity index (χ1v) is 8.59. The molecule has 26 heavy (non-hydrogen) atoms. The Bertz CT molecular complexity index is 801. The first-order chi connectivity index (χ1) is 12.7. The van der Waals surface area contributed by atoms with Gasteiger partial charge in [0.25, 0.3) is 0 Å². The predicted octanol–water partition coefficient (Wildman–Crippen LogP) is 2.85. The molecule has 3 rings (SSSR count). The summed E-state index contributed by atoms with van der Waals surface area (Å²) < 4.78 is 0. The third-order valence-electron chi connectivity index (χ3n) is 4.23. The van der Waals surface area contributed by atoms with E-state index in [4.69, 9.17) is 0 Å². The third kappa shape index (κ3) is 4.89. The largest absolute Gasteiger partial charge is 0.338 e. The summed E-state index contributed by atoms with van der Waals surface area (Å²) in [6, 6.07) is 19.6. The fourth-order valence-electron chi connectivity index (χ4n) is 2.86. The second-order valence-corrected chi connectivity index (χ2v) is 6.18. The lowest BCUT2D eigenvalue weighted by molar-refractivity contribution is -0.129. The molecule has 0 bridgehead atoms. The topological polar surface area (TPSA) is 61.8 Å². The van der Waals surface area contributed by atoms with Gasteiger partial charge in [0.15, 0.2) is 0 Å². The van der Waals surface area contributed by atoms with E-state index in [9.17, 15) is 9.59 Å². The molecule has 1 fully saturated rings. The Kier molecular flexibility index (Phi) is 5.93. The van der Waals surface area contributed by atoms with E-state index in [0.717, 1.165) is 11.1 Å². The van der Waals surface area contributed by atoms with E-state index >= 15 is 0 Å². The van der Waals surface area contributed by atoms with Gasteiger partial charge in [0, 0.05) is 25.7 Å². The minimum Gasteiger partial charge on any atom is -0.338 e. The standard InChI is InChI=1S/C21H21N3O2/c25-20-14-19(16-24(20)15-18-10-5-2-6-11-18)21(26)23-22-13-7-12-17-8-3-1-4-9-17/h1-13,19H,14-16H2,(H,23,26)/b12-7+,22-13+. The van der Waals surface area contributed by atoms with Gasteiger partial charge in [-0.05, 0) is 17.2 Å². The highest BCUT2D eigenvalue weighted by molar-refractivity contribution is 5.89. The van der Waals surface area contributed by atoms with Gasteiger partial charge in [0.2, 0.25) is 11.8 Å². The summed E-state index contributed by atoms with van der Waals surface area (Å²) in [5.74, 6) is -0.582. The second-order valence-electron chi connectivity index (χ2n) is 6.18. The van der Waals surface area contributed by atoms with E-state index in [2.05, 4.69) is 10.5 Å². The number of hydrazone groups is 1. The van der Waals surface area contributed by atoms with Crippen LogP contribution >= 0.6 is 0 Å². The Balaban J connectivity index is 1.47. The van der Waals surface area contributed by atoms with Crippen molar-refractivity contribution in [1.29, 1.82) is 0 Å². The van der Waals surface area contributed by atoms with Crippen LogP contribution < -0.4 is 5.43 Å². The summed E-state index contributed by atoms with van der Waals surface area (Å²) in [6.45, 7) is 0.960. The number of amides is 2. The van der Waals surface area contributed by atoms with Gasteiger partial charge in [0.05, 0.1) is 5.92 Å². The van der Waals surface area contributed by atoms with Crippen LogP contribution in [0, 0.1) is 5.92 Å². The summed E-state index contributed by atoms with van der Waals surface area (Å²) in [7, 11) is 0. The van der Waals surface area contributed by atoms with E-state index in [0.29, 0.717) is 13.1 Å². The molecule has 132 valence electrons. The molecule has 1 aliphatic rings. The molecular weight excluding hydrogens is 326 g/mol. The summed E-state index contributed by atoms with van der Waals surface area (Å²) in [5, 5.41) is 3.92. The van der Waals surface area contributed by atoms with Crippen molar-refractivity contribution in [2.45, 2.75) is 13.0 Å². The normalized spacial score (nSPS) is 17.3. The Morgan fingerprint density at radius 2 is 1.81 bits per heavy atom. The van der Waals surface area contributed by atoms with Crippen molar-refractivity contribution in [3.05, 3.63) is 77.9 Å². The molecule has 0 aromatic heterocycles. The molecule has 0 saturated carbocycles. The zero-order valence-electron chi connectivity index (χ0n) is 14.4. The zero-order chi connectivity index (χ0) is 18.2. The highest BCUT2D eigenvalue weighted by Crippen LogP contribution is 2.20. The average Bonchev–Trinajstić information content (AvgIpc) is 3.03. The molecule has 5 nitrogen and oxygen atoms in total. The fraction of sp³-hybridized carbons (Fsp3) is 0.190. The number of allylic oxidation sites excluding steroid dienone is 1. The van der Waals surface area contributed by atoms with E-state index < -0.39 is 0 Å². The van der Waals surface area contributed by atoms with Crippen LogP contribution in [0.2, 0.25) is 0 Å². The van der Waals surface area contributed by atoms with Crippen molar-refractivity contribution in [2.24, 2.45) is 11.0 Å². The van der Waals surface area contributed by atoms with Gasteiger partial charge in [-0.3, -0.25) is 9.59 Å². The molecule has 1 unspecified atom stereocenters. The zero-order valence-corrected chi connectivity index (χ0v) is 14.4. The predicted molar refractivity (Wildman–Crippen MR) is 102 cm³/mol. The number of nitrogens with zero attached hydrogens (tertiary/aromatic N) is 2. The van der Waals surface area contributed by atoms with Crippen LogP contribution in [0.15, 0.2) is 71.8 Å². The Morgan fingerprint density at radius 1 is 1.12 bits per heavy atom. The van der Waals surface area contributed by atoms with Gasteiger partial charge in [-0.25, -0.2) is 5.43 Å². The molecule has 1 aliphatic heterocycles. The third-order valence-corrected chi connectivity index (χ3v) is 4.23. The maximum atomic E-state index is 12.2. The maximum Gasteiger partial charge on any atom is 0.245 e. The van der Waals surface area contributed by atoms with Crippen molar-refractivity contribution in [2.75, 3.05) is 6.54 Å². The van der Waals surface area contributed by atoms with Crippen molar-refractivity contribution in [3.8, 4) is 0 Å². The van der Waals surface area contributed by atoms with Crippen LogP contribution in [-0.2, 0) is 16.1 Å². The van der Waals surface area contributed by atoms with Gasteiger partial charge in [-0.1, -0.05) is 66.7 Å². The lowest BCUT2D eigenvalue weighted by Gasteiger charge is -2.16. The highest BCUT2D eigenvalue weighted by Gasteiger charge is 2.34. The van der Waals surface area contributed by atoms with E-state index in [-0.39, 0.29) is 24.2 Å². The van der Waals surface area contributed by atoms with Gasteiger partial charge < -0.3 is 4.90 Å². The van der Waals surface area contributed by atoms with Crippen molar-refractivity contribution in [1.82, 2.24) is 10.3 Å². The lowest BCUT2D eigenvalue weighted by Crippen LogP contribution is -2.30. The smallest absolute Gasteiger partial charge is 0.245 e. The Morgan fingerprint density at radius 3 is 2.54 bits per heavy atom. The monoisotopic (exact) mass is 347 g/mol. The summed E-state index contributed by atoms with van der Waals surface area (Å²) in [6.07, 6.45) is 5.42. The molecule has 2 aromatic carbocycles. The highest BCUT2D eigenvalue weighted by atomic mass is 16.2. The average molecular weight is 347 g/mol. The van der Waals surface area contributed by atoms with Crippen LogP contribution in [0.25, 0.3) is 6.08 Å². The summed E-state index contributed by atoms with van der Waals surface area (Å²) >= 11 is 0. The Hall–Kier alpha value is -3.21. The quantitative estimate of drug-likeness (QED) is 0.645. The molecule has 1 N–H and O–H groups in total. The molecular formula is C21H21N3O2. The molecule has 1 atom stereocenters. The van der Waals surface area contributed by atoms with E-state index in [1.807, 2.05) is 66.7 Å². The van der Waals surface area contributed by atoms with Crippen molar-refractivity contribution in [3.63, 3.8) is 0 Å². The molecule has 2 amide bonds. The number of likely N-dealkylation sites (tertiary alicyclic amines) is 1. The van der Waals surface area contributed by atoms with Crippen LogP contribution in [0.3, 0.4) is 0 Å². The molecule has 0 spiro atoms. The number of hydrogen-bond acceptors (Lipinski definition) is 3. The van der Waals surface area contributed by atoms with Gasteiger partial charge >= 0.3 is 0 Å². The number of nitrogens with one attached hydrogen (secondary N) is 1. The number of carbonyl (C=O) groups is 2. The lowest BCUT2D eigenvalue weighted by atomic mass is 10.1. The molecule has 0 radical (unpaired) electrons. The number of rotatable bonds is 6. The molecule has 0 aliphatic carbocycles. The van der Waals surface area contributed by atoms with E-state index in [1.54, 1.807) is 11.0 Å². The minimum atomic E-state index is -0.360. The summed E-state index contributed by atoms with van der Waals surface area (Å²) in [5.41, 5.74) is 4.64. The van der Waals surface area contributed by atoms with Gasteiger partial charge in [0.1, 0.15) is 0 Å². The van der Waals surface area contributed by atoms with Gasteiger partial charge in [-0.15, -0.1) is 0 Å². The first kappa shape index (κ1) is 17.6. The van der Waals surface area contributed by atoms with Crippen LogP contribution in [-0.4, -0.2) is 29.5 Å². The molecule has 1 saturated heterocycles. The van der Waals surface area contributed by atoms with Gasteiger partial charge in [-0.2, -0.15) is 5.10 Å². The fourth-order valence-corrected chi connectivity index (χ4v) is 2.86. The number of carbonyl (C=O) groups excluding carboxylic acids is 2. The molecule has 2 aromatic rings. The first-order valence-electron chi connectivity index (χ1n) is 8.59. The van der Waals surface area contributed by atoms with Crippen molar-refractivity contribution >= 4 is 24.1 Å². The molecule has 1 heterocycles. The number of hydrogen-bond donors (Lipinski definition) is 1. The van der Waals surface area contributed by atoms with Crippen LogP contribution in [0.5, 0.6) is 0 Å².